The zero-order chi connectivity index (χ0) is 29.7. The molecule has 0 radical (unpaired) electrons. The van der Waals surface area contributed by atoms with Gasteiger partial charge < -0.3 is 25.6 Å². The minimum absolute atomic E-state index is 0.00515. The Kier molecular flexibility index (Phi) is 10.5. The monoisotopic (exact) mass is 655 g/mol. The van der Waals surface area contributed by atoms with Crippen molar-refractivity contribution in [2.24, 2.45) is 0 Å². The van der Waals surface area contributed by atoms with Gasteiger partial charge in [0.1, 0.15) is 27.4 Å². The molecular formula is C25H23Cl2N5O6S3. The number of thioether (sulfide) groups is 2. The fourth-order valence-electron chi connectivity index (χ4n) is 4.16. The van der Waals surface area contributed by atoms with Crippen LogP contribution in [0.15, 0.2) is 52.8 Å². The van der Waals surface area contributed by atoms with Crippen LogP contribution in [0.4, 0.5) is 0 Å². The molecule has 2 amide bonds. The van der Waals surface area contributed by atoms with Crippen LogP contribution in [0.25, 0.3) is 0 Å². The van der Waals surface area contributed by atoms with Gasteiger partial charge in [0.05, 0.1) is 4.99 Å². The minimum Gasteiger partial charge on any atom is -0.550 e. The van der Waals surface area contributed by atoms with Crippen LogP contribution in [0, 0.1) is 0 Å². The standard InChI is InChI=1S/C25H23Cl2N5O6S3/c26-16-7-13(8-17(27)29-16)9-19(39)30-21-23(36)32-22(25(37)38)14(12-41-24(21)32)11-40-15-2-5-31(6-3-15)10-18(33)28-4-1-20(34)35/h2-3,5-8,21,24H,1,4,9-12H2,(H3-,28,30,33,34,35,37,38,39)/t21-,24-/m1/s1. The van der Waals surface area contributed by atoms with Gasteiger partial charge in [-0.05, 0) is 23.3 Å². The Balaban J connectivity index is 1.33. The fourth-order valence-corrected chi connectivity index (χ4v) is 7.33. The van der Waals surface area contributed by atoms with Crippen LogP contribution >= 0.6 is 58.9 Å². The van der Waals surface area contributed by atoms with Crippen molar-refractivity contribution in [3.05, 3.63) is 63.8 Å². The molecule has 216 valence electrons. The maximum absolute atomic E-state index is 13.0. The van der Waals surface area contributed by atoms with E-state index in [0.717, 1.165) is 10.5 Å². The molecule has 1 saturated heterocycles. The van der Waals surface area contributed by atoms with E-state index < -0.39 is 23.4 Å². The smallest absolute Gasteiger partial charge is 0.352 e. The first kappa shape index (κ1) is 31.0. The van der Waals surface area contributed by atoms with Gasteiger partial charge in [0.15, 0.2) is 12.4 Å². The highest BCUT2D eigenvalue weighted by molar-refractivity contribution is 8.01. The Morgan fingerprint density at radius 1 is 1.24 bits per heavy atom. The van der Waals surface area contributed by atoms with Gasteiger partial charge in [-0.1, -0.05) is 35.4 Å². The van der Waals surface area contributed by atoms with E-state index in [0.29, 0.717) is 28.5 Å². The van der Waals surface area contributed by atoms with Crippen molar-refractivity contribution in [1.29, 1.82) is 0 Å². The Morgan fingerprint density at radius 2 is 1.93 bits per heavy atom. The number of fused-ring (bicyclic) bond motifs is 1. The lowest BCUT2D eigenvalue weighted by molar-refractivity contribution is -0.684. The van der Waals surface area contributed by atoms with Crippen molar-refractivity contribution in [3.63, 3.8) is 0 Å². The molecule has 0 bridgehead atoms. The number of pyridine rings is 2. The fraction of sp³-hybridized carbons (Fsp3) is 0.320. The van der Waals surface area contributed by atoms with Crippen molar-refractivity contribution in [1.82, 2.24) is 20.5 Å². The summed E-state index contributed by atoms with van der Waals surface area (Å²) in [4.78, 5) is 54.0. The number of hydrogen-bond donors (Lipinski definition) is 3. The summed E-state index contributed by atoms with van der Waals surface area (Å²) < 4.78 is 1.63. The van der Waals surface area contributed by atoms with E-state index in [4.69, 9.17) is 35.4 Å². The molecule has 1 fully saturated rings. The molecular weight excluding hydrogens is 633 g/mol. The number of rotatable bonds is 12. The molecule has 4 rings (SSSR count). The molecule has 0 unspecified atom stereocenters. The molecule has 0 aliphatic carbocycles. The lowest BCUT2D eigenvalue weighted by Gasteiger charge is -2.49. The Hall–Kier alpha value is -2.91. The van der Waals surface area contributed by atoms with Crippen LogP contribution in [0.2, 0.25) is 10.3 Å². The van der Waals surface area contributed by atoms with E-state index in [-0.39, 0.29) is 47.3 Å². The Bertz CT molecular complexity index is 1400. The van der Waals surface area contributed by atoms with Gasteiger partial charge in [-0.15, -0.1) is 23.5 Å². The lowest BCUT2D eigenvalue weighted by Crippen LogP contribution is -2.70. The summed E-state index contributed by atoms with van der Waals surface area (Å²) >= 11 is 20.2. The summed E-state index contributed by atoms with van der Waals surface area (Å²) in [6.45, 7) is 0.0128. The van der Waals surface area contributed by atoms with Gasteiger partial charge in [-0.3, -0.25) is 14.5 Å². The van der Waals surface area contributed by atoms with Crippen molar-refractivity contribution < 1.29 is 34.0 Å². The normalized spacial score (nSPS) is 17.9. The second kappa shape index (κ2) is 13.8. The Morgan fingerprint density at radius 3 is 2.56 bits per heavy atom. The average Bonchev–Trinajstić information content (AvgIpc) is 2.89. The van der Waals surface area contributed by atoms with Gasteiger partial charge in [0.25, 0.3) is 11.8 Å². The van der Waals surface area contributed by atoms with Crippen LogP contribution in [0.1, 0.15) is 12.0 Å². The number of aromatic nitrogens is 2. The van der Waals surface area contributed by atoms with E-state index in [1.54, 1.807) is 41.2 Å². The SMILES string of the molecule is O=C([O-])CCNC(=O)C[n+]1ccc(SCC2=C(C(=O)O)N3C(=O)[C@@H](NC(=S)Cc4cc(Cl)nc(Cl)c4)[C@H]3SC2)cc1. The first-order chi connectivity index (χ1) is 19.5. The van der Waals surface area contributed by atoms with E-state index in [9.17, 15) is 29.4 Å². The molecule has 3 N–H and O–H groups in total. The third-order valence-electron chi connectivity index (χ3n) is 6.00. The number of halogens is 2. The summed E-state index contributed by atoms with van der Waals surface area (Å²) in [6, 6.07) is 6.20. The number of β-lactam (4-membered cyclic amide) rings is 1. The maximum Gasteiger partial charge on any atom is 0.352 e. The molecule has 11 nitrogen and oxygen atoms in total. The molecule has 2 aromatic heterocycles. The molecule has 0 aromatic carbocycles. The number of carboxylic acids is 2. The van der Waals surface area contributed by atoms with E-state index >= 15 is 0 Å². The second-order valence-electron chi connectivity index (χ2n) is 8.98. The van der Waals surface area contributed by atoms with Crippen molar-refractivity contribution in [2.45, 2.75) is 35.7 Å². The molecule has 2 atom stereocenters. The minimum atomic E-state index is -1.24. The largest absolute Gasteiger partial charge is 0.550 e. The first-order valence-electron chi connectivity index (χ1n) is 12.1. The number of carbonyl (C=O) groups is 4. The van der Waals surface area contributed by atoms with Crippen LogP contribution in [-0.2, 0) is 32.1 Å². The molecule has 16 heteroatoms. The predicted molar refractivity (Wildman–Crippen MR) is 155 cm³/mol. The highest BCUT2D eigenvalue weighted by atomic mass is 35.5. The summed E-state index contributed by atoms with van der Waals surface area (Å²) in [7, 11) is 0. The highest BCUT2D eigenvalue weighted by Gasteiger charge is 2.53. The number of hydrogen-bond acceptors (Lipinski definition) is 9. The number of nitrogens with one attached hydrogen (secondary N) is 2. The zero-order valence-corrected chi connectivity index (χ0v) is 25.1. The van der Waals surface area contributed by atoms with Gasteiger partial charge >= 0.3 is 5.97 Å². The van der Waals surface area contributed by atoms with Crippen molar-refractivity contribution >= 4 is 87.7 Å². The van der Waals surface area contributed by atoms with Gasteiger partial charge in [0.2, 0.25) is 6.54 Å². The summed E-state index contributed by atoms with van der Waals surface area (Å²) in [6.07, 6.45) is 3.44. The quantitative estimate of drug-likeness (QED) is 0.0978. The zero-order valence-electron chi connectivity index (χ0n) is 21.2. The number of thiocarbonyl (C=S) groups is 1. The van der Waals surface area contributed by atoms with Gasteiger partial charge in [-0.2, -0.15) is 4.57 Å². The van der Waals surface area contributed by atoms with Crippen LogP contribution < -0.4 is 20.3 Å². The third kappa shape index (κ3) is 8.10. The number of amides is 2. The first-order valence-corrected chi connectivity index (χ1v) is 15.3. The van der Waals surface area contributed by atoms with Gasteiger partial charge in [0, 0.05) is 53.9 Å². The molecule has 41 heavy (non-hydrogen) atoms. The molecule has 2 aromatic rings. The average molecular weight is 657 g/mol. The molecule has 0 spiro atoms. The number of carbonyl (C=O) groups excluding carboxylic acids is 3. The summed E-state index contributed by atoms with van der Waals surface area (Å²) in [5, 5.41) is 26.0. The van der Waals surface area contributed by atoms with Crippen LogP contribution in [-0.4, -0.2) is 73.2 Å². The van der Waals surface area contributed by atoms with Gasteiger partial charge in [-0.25, -0.2) is 9.78 Å². The maximum atomic E-state index is 13.0. The number of carboxylic acid groups (broad SMARTS) is 2. The van der Waals surface area contributed by atoms with Crippen LogP contribution in [0.3, 0.4) is 0 Å². The van der Waals surface area contributed by atoms with E-state index in [2.05, 4.69) is 15.6 Å². The molecule has 0 saturated carbocycles. The van der Waals surface area contributed by atoms with E-state index in [1.165, 1.54) is 28.4 Å². The molecule has 4 heterocycles. The number of nitrogens with zero attached hydrogens (tertiary/aromatic N) is 3. The van der Waals surface area contributed by atoms with E-state index in [1.807, 2.05) is 0 Å². The third-order valence-corrected chi connectivity index (χ3v) is 9.09. The predicted octanol–water partition coefficient (Wildman–Crippen LogP) is 0.806. The Labute approximate surface area is 258 Å². The molecule has 2 aliphatic rings. The highest BCUT2D eigenvalue weighted by Crippen LogP contribution is 2.41. The molecule has 2 aliphatic heterocycles. The summed E-state index contributed by atoms with van der Waals surface area (Å²) in [5.41, 5.74) is 1.35. The van der Waals surface area contributed by atoms with Crippen molar-refractivity contribution in [3.8, 4) is 0 Å². The van der Waals surface area contributed by atoms with Crippen LogP contribution in [0.5, 0.6) is 0 Å². The van der Waals surface area contributed by atoms with Crippen molar-refractivity contribution in [2.75, 3.05) is 18.1 Å². The summed E-state index contributed by atoms with van der Waals surface area (Å²) in [5.74, 6) is -2.31. The second-order valence-corrected chi connectivity index (χ2v) is 12.4. The lowest BCUT2D eigenvalue weighted by atomic mass is 10.0. The number of aliphatic carboxylic acids is 2. The topological polar surface area (TPSA) is 156 Å².